The molecule has 0 aromatic carbocycles. The smallest absolute Gasteiger partial charge is 0.338 e. The monoisotopic (exact) mass is 186 g/mol. The summed E-state index contributed by atoms with van der Waals surface area (Å²) in [6.07, 6.45) is 0. The molecule has 0 aromatic heterocycles. The van der Waals surface area contributed by atoms with Gasteiger partial charge in [0.15, 0.2) is 0 Å². The summed E-state index contributed by atoms with van der Waals surface area (Å²) < 4.78 is 10.6. The van der Waals surface area contributed by atoms with Gasteiger partial charge >= 0.3 is 7.60 Å². The van der Waals surface area contributed by atoms with E-state index in [1.807, 2.05) is 0 Å². The first-order valence-corrected chi connectivity index (χ1v) is 4.43. The zero-order valence-electron chi connectivity index (χ0n) is 5.71. The van der Waals surface area contributed by atoms with Crippen LogP contribution in [0.4, 0.5) is 0 Å². The second kappa shape index (κ2) is 3.62. The molecule has 5 N–H and O–H groups in total. The van der Waals surface area contributed by atoms with Crippen LogP contribution in [0, 0.1) is 0 Å². The van der Waals surface area contributed by atoms with Crippen molar-refractivity contribution in [1.29, 1.82) is 0 Å². The fraction of sp³-hybridized carbons (Fsp3) is 1.00. The molecule has 0 aliphatic heterocycles. The Bertz CT molecular complexity index is 150. The van der Waals surface area contributed by atoms with E-state index in [2.05, 4.69) is 0 Å². The highest BCUT2D eigenvalue weighted by atomic mass is 31.2. The lowest BCUT2D eigenvalue weighted by Gasteiger charge is -2.27. The molecule has 0 aliphatic rings. The third-order valence-electron chi connectivity index (χ3n) is 1.50. The fourth-order valence-corrected chi connectivity index (χ4v) is 0.979. The zero-order chi connectivity index (χ0) is 9.12. The van der Waals surface area contributed by atoms with Crippen molar-refractivity contribution in [2.24, 2.45) is 0 Å². The molecule has 0 unspecified atom stereocenters. The summed E-state index contributed by atoms with van der Waals surface area (Å²) >= 11 is 0. The first-order valence-electron chi connectivity index (χ1n) is 2.82. The Morgan fingerprint density at radius 2 is 1.27 bits per heavy atom. The number of hydrogen-bond donors (Lipinski definition) is 5. The maximum absolute atomic E-state index is 10.6. The highest BCUT2D eigenvalue weighted by molar-refractivity contribution is 7.53. The topological polar surface area (TPSA) is 118 Å². The number of hydrogen-bond acceptors (Lipinski definition) is 4. The lowest BCUT2D eigenvalue weighted by atomic mass is 10.2. The molecule has 7 heteroatoms. The van der Waals surface area contributed by atoms with Crippen LogP contribution in [0.3, 0.4) is 0 Å². The van der Waals surface area contributed by atoms with Crippen LogP contribution in [0.1, 0.15) is 0 Å². The van der Waals surface area contributed by atoms with Gasteiger partial charge in [-0.05, 0) is 0 Å². The quantitative estimate of drug-likeness (QED) is 0.320. The second-order valence-electron chi connectivity index (χ2n) is 2.24. The lowest BCUT2D eigenvalue weighted by molar-refractivity contribution is 0.0958. The molecule has 0 bridgehead atoms. The van der Waals surface area contributed by atoms with E-state index in [0.29, 0.717) is 0 Å². The van der Waals surface area contributed by atoms with Crippen LogP contribution in [0.5, 0.6) is 0 Å². The van der Waals surface area contributed by atoms with Crippen molar-refractivity contribution in [2.75, 3.05) is 19.8 Å². The zero-order valence-corrected chi connectivity index (χ0v) is 6.61. The van der Waals surface area contributed by atoms with Crippen LogP contribution < -0.4 is 0 Å². The normalized spacial score (nSPS) is 13.5. The molecular weight excluding hydrogens is 175 g/mol. The minimum Gasteiger partial charge on any atom is -0.395 e. The highest BCUT2D eigenvalue weighted by Crippen LogP contribution is 2.49. The molecule has 0 radical (unpaired) electrons. The summed E-state index contributed by atoms with van der Waals surface area (Å²) in [6.45, 7) is -2.86. The van der Waals surface area contributed by atoms with Gasteiger partial charge in [0, 0.05) is 0 Å². The van der Waals surface area contributed by atoms with E-state index < -0.39 is 32.6 Å². The minimum absolute atomic E-state index is 0.954. The van der Waals surface area contributed by atoms with Gasteiger partial charge < -0.3 is 25.1 Å². The number of aliphatic hydroxyl groups is 3. The molecule has 0 amide bonds. The van der Waals surface area contributed by atoms with Gasteiger partial charge in [-0.2, -0.15) is 0 Å². The second-order valence-corrected chi connectivity index (χ2v) is 4.28. The average Bonchev–Trinajstić information content (AvgIpc) is 1.90. The Balaban J connectivity index is 4.70. The van der Waals surface area contributed by atoms with Crippen molar-refractivity contribution in [3.63, 3.8) is 0 Å². The molecule has 11 heavy (non-hydrogen) atoms. The average molecular weight is 186 g/mol. The third-order valence-corrected chi connectivity index (χ3v) is 3.16. The van der Waals surface area contributed by atoms with Gasteiger partial charge in [-0.25, -0.2) is 0 Å². The summed E-state index contributed by atoms with van der Waals surface area (Å²) in [5.41, 5.74) is 0. The molecule has 0 heterocycles. The van der Waals surface area contributed by atoms with Gasteiger partial charge in [0.25, 0.3) is 0 Å². The molecular formula is C4H11O6P. The van der Waals surface area contributed by atoms with Crippen molar-refractivity contribution in [3.8, 4) is 0 Å². The SMILES string of the molecule is O=P(O)(O)C(CO)(CO)CO. The van der Waals surface area contributed by atoms with Crippen LogP contribution in [0.15, 0.2) is 0 Å². The van der Waals surface area contributed by atoms with Gasteiger partial charge in [0.1, 0.15) is 5.16 Å². The van der Waals surface area contributed by atoms with Crippen molar-refractivity contribution in [3.05, 3.63) is 0 Å². The summed E-state index contributed by atoms with van der Waals surface area (Å²) in [4.78, 5) is 17.1. The van der Waals surface area contributed by atoms with Crippen molar-refractivity contribution in [1.82, 2.24) is 0 Å². The lowest BCUT2D eigenvalue weighted by Crippen LogP contribution is -2.41. The Morgan fingerprint density at radius 3 is 1.27 bits per heavy atom. The Labute approximate surface area is 63.3 Å². The van der Waals surface area contributed by atoms with Crippen LogP contribution in [-0.4, -0.2) is 50.1 Å². The molecule has 0 rings (SSSR count). The van der Waals surface area contributed by atoms with Gasteiger partial charge in [-0.1, -0.05) is 0 Å². The van der Waals surface area contributed by atoms with Gasteiger partial charge in [-0.3, -0.25) is 4.57 Å². The Hall–Kier alpha value is 0.0300. The van der Waals surface area contributed by atoms with E-state index >= 15 is 0 Å². The maximum Gasteiger partial charge on any atom is 0.338 e. The van der Waals surface area contributed by atoms with Gasteiger partial charge in [-0.15, -0.1) is 0 Å². The Kier molecular flexibility index (Phi) is 3.63. The first-order chi connectivity index (χ1) is 4.93. The van der Waals surface area contributed by atoms with Crippen LogP contribution >= 0.6 is 7.60 Å². The highest BCUT2D eigenvalue weighted by Gasteiger charge is 2.45. The predicted octanol–water partition coefficient (Wildman–Crippen LogP) is -2.12. The molecule has 0 saturated heterocycles. The summed E-state index contributed by atoms with van der Waals surface area (Å²) in [7, 11) is -4.66. The molecule has 0 fully saturated rings. The largest absolute Gasteiger partial charge is 0.395 e. The Morgan fingerprint density at radius 1 is 1.00 bits per heavy atom. The molecule has 0 saturated carbocycles. The van der Waals surface area contributed by atoms with Crippen molar-refractivity contribution >= 4 is 7.60 Å². The molecule has 68 valence electrons. The predicted molar refractivity (Wildman–Crippen MR) is 36.0 cm³/mol. The van der Waals surface area contributed by atoms with E-state index in [1.165, 1.54) is 0 Å². The molecule has 0 atom stereocenters. The summed E-state index contributed by atoms with van der Waals surface area (Å²) in [6, 6.07) is 0. The van der Waals surface area contributed by atoms with Crippen LogP contribution in [-0.2, 0) is 4.57 Å². The van der Waals surface area contributed by atoms with Crippen molar-refractivity contribution < 1.29 is 29.7 Å². The third kappa shape index (κ3) is 1.99. The van der Waals surface area contributed by atoms with Crippen molar-refractivity contribution in [2.45, 2.75) is 5.16 Å². The van der Waals surface area contributed by atoms with E-state index in [9.17, 15) is 4.57 Å². The van der Waals surface area contributed by atoms with E-state index in [4.69, 9.17) is 25.1 Å². The summed E-state index contributed by atoms with van der Waals surface area (Å²) in [5, 5.41) is 23.4. The summed E-state index contributed by atoms with van der Waals surface area (Å²) in [5.74, 6) is 0. The van der Waals surface area contributed by atoms with E-state index in [0.717, 1.165) is 0 Å². The maximum atomic E-state index is 10.6. The molecule has 0 spiro atoms. The van der Waals surface area contributed by atoms with E-state index in [-0.39, 0.29) is 0 Å². The van der Waals surface area contributed by atoms with Gasteiger partial charge in [0.2, 0.25) is 0 Å². The molecule has 0 aromatic rings. The number of rotatable bonds is 4. The standard InChI is InChI=1S/C4H11O6P/c5-1-4(2-6,3-7)11(8,9)10/h5-7H,1-3H2,(H2,8,9,10). The first kappa shape index (κ1) is 11.0. The fourth-order valence-electron chi connectivity index (χ4n) is 0.426. The number of aliphatic hydroxyl groups excluding tert-OH is 3. The molecule has 6 nitrogen and oxygen atoms in total. The van der Waals surface area contributed by atoms with Crippen LogP contribution in [0.2, 0.25) is 0 Å². The minimum atomic E-state index is -4.66. The van der Waals surface area contributed by atoms with Gasteiger partial charge in [0.05, 0.1) is 19.8 Å². The van der Waals surface area contributed by atoms with Crippen LogP contribution in [0.25, 0.3) is 0 Å². The molecule has 0 aliphatic carbocycles. The van der Waals surface area contributed by atoms with E-state index in [1.54, 1.807) is 0 Å².